The van der Waals surface area contributed by atoms with Crippen LogP contribution in [0.15, 0.2) is 52.9 Å². The van der Waals surface area contributed by atoms with Gasteiger partial charge >= 0.3 is 0 Å². The van der Waals surface area contributed by atoms with Crippen LogP contribution in [0, 0.1) is 12.3 Å². The quantitative estimate of drug-likeness (QED) is 0.772. The minimum absolute atomic E-state index is 0.0765. The summed E-state index contributed by atoms with van der Waals surface area (Å²) in [5, 5.41) is 0. The molecule has 0 saturated heterocycles. The number of hydrogen-bond donors (Lipinski definition) is 0. The molecule has 0 fully saturated rings. The van der Waals surface area contributed by atoms with Gasteiger partial charge in [-0.15, -0.1) is 6.42 Å². The molecule has 0 N–H and O–H groups in total. The Bertz CT molecular complexity index is 981. The van der Waals surface area contributed by atoms with E-state index in [9.17, 15) is 4.79 Å². The van der Waals surface area contributed by atoms with Crippen molar-refractivity contribution in [2.24, 2.45) is 0 Å². The van der Waals surface area contributed by atoms with Gasteiger partial charge in [-0.3, -0.25) is 9.36 Å². The van der Waals surface area contributed by atoms with E-state index in [1.54, 1.807) is 0 Å². The van der Waals surface area contributed by atoms with Crippen LogP contribution in [-0.2, 0) is 19.3 Å². The molecular formula is C22H19NO. The molecule has 2 aromatic rings. The Morgan fingerprint density at radius 1 is 1.12 bits per heavy atom. The van der Waals surface area contributed by atoms with E-state index in [0.29, 0.717) is 6.42 Å². The van der Waals surface area contributed by atoms with Gasteiger partial charge in [-0.25, -0.2) is 0 Å². The van der Waals surface area contributed by atoms with Crippen molar-refractivity contribution in [2.45, 2.75) is 32.6 Å². The molecule has 1 aromatic heterocycles. The number of nitrogens with zero attached hydrogens (tertiary/aromatic N) is 1. The molecule has 2 nitrogen and oxygen atoms in total. The van der Waals surface area contributed by atoms with Crippen LogP contribution in [0.4, 0.5) is 0 Å². The van der Waals surface area contributed by atoms with Crippen molar-refractivity contribution in [3.8, 4) is 18.0 Å². The van der Waals surface area contributed by atoms with Gasteiger partial charge in [0.25, 0.3) is 5.56 Å². The summed E-state index contributed by atoms with van der Waals surface area (Å²) in [5.41, 5.74) is 7.64. The van der Waals surface area contributed by atoms with Gasteiger partial charge in [0.05, 0.1) is 0 Å². The summed E-state index contributed by atoms with van der Waals surface area (Å²) in [6.45, 7) is 2.13. The number of para-hydroxylation sites is 1. The molecule has 0 radical (unpaired) electrons. The fraction of sp³-hybridized carbons (Fsp3) is 0.227. The van der Waals surface area contributed by atoms with Crippen LogP contribution in [0.3, 0.4) is 0 Å². The third-order valence-corrected chi connectivity index (χ3v) is 5.04. The summed E-state index contributed by atoms with van der Waals surface area (Å²) in [6.07, 6.45) is 13.1. The summed E-state index contributed by atoms with van der Waals surface area (Å²) < 4.78 is 1.90. The minimum Gasteiger partial charge on any atom is -0.281 e. The Balaban J connectivity index is 2.09. The van der Waals surface area contributed by atoms with E-state index in [-0.39, 0.29) is 5.56 Å². The van der Waals surface area contributed by atoms with Gasteiger partial charge in [0, 0.05) is 28.9 Å². The molecule has 0 unspecified atom stereocenters. The van der Waals surface area contributed by atoms with Gasteiger partial charge in [0.2, 0.25) is 0 Å². The molecule has 4 rings (SSSR count). The number of benzene rings is 1. The second kappa shape index (κ2) is 5.69. The molecule has 1 aromatic carbocycles. The lowest BCUT2D eigenvalue weighted by atomic mass is 9.96. The molecular weight excluding hydrogens is 294 g/mol. The van der Waals surface area contributed by atoms with Crippen LogP contribution in [0.2, 0.25) is 0 Å². The third-order valence-electron chi connectivity index (χ3n) is 5.04. The molecule has 0 aliphatic heterocycles. The van der Waals surface area contributed by atoms with Crippen LogP contribution in [-0.4, -0.2) is 4.57 Å². The van der Waals surface area contributed by atoms with Crippen molar-refractivity contribution in [3.05, 3.63) is 80.8 Å². The highest BCUT2D eigenvalue weighted by Gasteiger charge is 2.28. The Hall–Kier alpha value is -2.79. The maximum Gasteiger partial charge on any atom is 0.259 e. The smallest absolute Gasteiger partial charge is 0.259 e. The molecule has 118 valence electrons. The first-order valence-electron chi connectivity index (χ1n) is 8.46. The van der Waals surface area contributed by atoms with E-state index in [1.807, 2.05) is 41.0 Å². The average Bonchev–Trinajstić information content (AvgIpc) is 2.94. The number of terminal acetylenes is 1. The van der Waals surface area contributed by atoms with Gasteiger partial charge in [-0.05, 0) is 48.1 Å². The molecule has 2 heteroatoms. The van der Waals surface area contributed by atoms with Crippen molar-refractivity contribution >= 4 is 5.57 Å². The molecule has 0 spiro atoms. The van der Waals surface area contributed by atoms with Crippen molar-refractivity contribution in [1.82, 2.24) is 4.57 Å². The SMILES string of the molecule is C#CC1=CC=C2CCc3c2c(c(=O)n(-c2ccccc2)c3CC)C1. The summed E-state index contributed by atoms with van der Waals surface area (Å²) >= 11 is 0. The average molecular weight is 313 g/mol. The highest BCUT2D eigenvalue weighted by Crippen LogP contribution is 2.38. The van der Waals surface area contributed by atoms with Crippen LogP contribution in [0.5, 0.6) is 0 Å². The van der Waals surface area contributed by atoms with Crippen molar-refractivity contribution < 1.29 is 0 Å². The zero-order valence-corrected chi connectivity index (χ0v) is 13.8. The first-order valence-corrected chi connectivity index (χ1v) is 8.46. The lowest BCUT2D eigenvalue weighted by Gasteiger charge is -2.19. The fourth-order valence-corrected chi connectivity index (χ4v) is 3.97. The Morgan fingerprint density at radius 2 is 1.92 bits per heavy atom. The fourth-order valence-electron chi connectivity index (χ4n) is 3.97. The summed E-state index contributed by atoms with van der Waals surface area (Å²) in [7, 11) is 0. The highest BCUT2D eigenvalue weighted by atomic mass is 16.1. The van der Waals surface area contributed by atoms with Gasteiger partial charge in [-0.1, -0.05) is 43.2 Å². The van der Waals surface area contributed by atoms with Crippen LogP contribution < -0.4 is 5.56 Å². The van der Waals surface area contributed by atoms with E-state index < -0.39 is 0 Å². The van der Waals surface area contributed by atoms with Gasteiger partial charge in [-0.2, -0.15) is 0 Å². The van der Waals surface area contributed by atoms with Crippen molar-refractivity contribution in [1.29, 1.82) is 0 Å². The molecule has 0 saturated carbocycles. The third kappa shape index (κ3) is 2.09. The number of rotatable bonds is 2. The van der Waals surface area contributed by atoms with Crippen LogP contribution >= 0.6 is 0 Å². The predicted molar refractivity (Wildman–Crippen MR) is 98.3 cm³/mol. The van der Waals surface area contributed by atoms with Crippen molar-refractivity contribution in [2.75, 3.05) is 0 Å². The first-order chi connectivity index (χ1) is 11.7. The number of allylic oxidation sites excluding steroid dienone is 4. The minimum atomic E-state index is 0.0765. The van der Waals surface area contributed by atoms with Gasteiger partial charge in [0.15, 0.2) is 0 Å². The highest BCUT2D eigenvalue weighted by molar-refractivity contribution is 5.78. The molecule has 0 amide bonds. The molecule has 0 atom stereocenters. The molecule has 2 aliphatic carbocycles. The second-order valence-corrected chi connectivity index (χ2v) is 6.31. The number of aromatic nitrogens is 1. The topological polar surface area (TPSA) is 22.0 Å². The summed E-state index contributed by atoms with van der Waals surface area (Å²) in [4.78, 5) is 13.4. The van der Waals surface area contributed by atoms with Gasteiger partial charge < -0.3 is 0 Å². The van der Waals surface area contributed by atoms with Crippen molar-refractivity contribution in [3.63, 3.8) is 0 Å². The van der Waals surface area contributed by atoms with E-state index in [4.69, 9.17) is 6.42 Å². The molecule has 1 heterocycles. The van der Waals surface area contributed by atoms with E-state index >= 15 is 0 Å². The van der Waals surface area contributed by atoms with Crippen LogP contribution in [0.1, 0.15) is 35.7 Å². The van der Waals surface area contributed by atoms with E-state index in [2.05, 4.69) is 18.9 Å². The summed E-state index contributed by atoms with van der Waals surface area (Å²) in [5.74, 6) is 2.73. The molecule has 2 aliphatic rings. The zero-order valence-electron chi connectivity index (χ0n) is 13.8. The van der Waals surface area contributed by atoms with Crippen LogP contribution in [0.25, 0.3) is 11.3 Å². The molecule has 0 bridgehead atoms. The lowest BCUT2D eigenvalue weighted by Crippen LogP contribution is -2.28. The Morgan fingerprint density at radius 3 is 2.62 bits per heavy atom. The summed E-state index contributed by atoms with van der Waals surface area (Å²) in [6, 6.07) is 9.93. The number of pyridine rings is 1. The number of hydrogen-bond acceptors (Lipinski definition) is 1. The maximum absolute atomic E-state index is 13.4. The second-order valence-electron chi connectivity index (χ2n) is 6.31. The molecule has 24 heavy (non-hydrogen) atoms. The normalized spacial score (nSPS) is 15.2. The Kier molecular flexibility index (Phi) is 3.50. The Labute approximate surface area is 142 Å². The van der Waals surface area contributed by atoms with Gasteiger partial charge in [0.1, 0.15) is 0 Å². The predicted octanol–water partition coefficient (Wildman–Crippen LogP) is 3.85. The lowest BCUT2D eigenvalue weighted by molar-refractivity contribution is 0.829. The largest absolute Gasteiger partial charge is 0.281 e. The first kappa shape index (κ1) is 14.8. The zero-order chi connectivity index (χ0) is 16.7. The van der Waals surface area contributed by atoms with E-state index in [1.165, 1.54) is 16.7 Å². The van der Waals surface area contributed by atoms with E-state index in [0.717, 1.165) is 41.8 Å². The maximum atomic E-state index is 13.4. The monoisotopic (exact) mass is 313 g/mol. The standard InChI is InChI=1S/C22H19NO/c1-3-15-10-11-16-12-13-18-20(4-2)23(17-8-6-5-7-9-17)22(24)19(14-15)21(16)18/h1,5-11H,4,12-14H2,2H3.